The van der Waals surface area contributed by atoms with E-state index >= 15 is 0 Å². The predicted molar refractivity (Wildman–Crippen MR) is 158 cm³/mol. The topological polar surface area (TPSA) is 115 Å². The maximum atomic E-state index is 14.0. The van der Waals surface area contributed by atoms with Gasteiger partial charge in [0.05, 0.1) is 49.3 Å². The minimum atomic E-state index is -0.863. The van der Waals surface area contributed by atoms with Crippen LogP contribution in [0.2, 0.25) is 0 Å². The molecule has 0 spiro atoms. The summed E-state index contributed by atoms with van der Waals surface area (Å²) in [5.74, 6) is 0.680. The summed E-state index contributed by atoms with van der Waals surface area (Å²) in [7, 11) is 3.00. The van der Waals surface area contributed by atoms with Gasteiger partial charge in [-0.3, -0.25) is 14.2 Å². The number of carbonyl (C=O) groups is 2. The molecule has 1 aliphatic heterocycles. The lowest BCUT2D eigenvalue weighted by Crippen LogP contribution is -2.40. The molecule has 0 bridgehead atoms. The maximum absolute atomic E-state index is 14.0. The molecule has 11 heteroatoms. The Morgan fingerprint density at radius 1 is 1.05 bits per heavy atom. The number of hydrogen-bond acceptors (Lipinski definition) is 10. The second kappa shape index (κ2) is 13.1. The summed E-state index contributed by atoms with van der Waals surface area (Å²) < 4.78 is 29.3. The molecule has 0 N–H and O–H groups in total. The van der Waals surface area contributed by atoms with Crippen molar-refractivity contribution in [1.82, 2.24) is 4.57 Å². The van der Waals surface area contributed by atoms with Gasteiger partial charge >= 0.3 is 11.9 Å². The quantitative estimate of drug-likeness (QED) is 0.257. The van der Waals surface area contributed by atoms with Crippen molar-refractivity contribution in [3.8, 4) is 23.0 Å². The number of fused-ring (bicyclic) bond motifs is 1. The Hall–Kier alpha value is -4.38. The molecule has 1 aliphatic rings. The number of benzene rings is 2. The number of thiazole rings is 1. The highest BCUT2D eigenvalue weighted by atomic mass is 32.1. The fourth-order valence-electron chi connectivity index (χ4n) is 4.51. The molecule has 10 nitrogen and oxygen atoms in total. The smallest absolute Gasteiger partial charge is 0.338 e. The van der Waals surface area contributed by atoms with Gasteiger partial charge in [-0.05, 0) is 61.2 Å². The number of carbonyl (C=O) groups excluding carboxylic acids is 2. The fourth-order valence-corrected chi connectivity index (χ4v) is 5.56. The number of hydrogen-bond donors (Lipinski definition) is 0. The molecule has 0 aliphatic carbocycles. The van der Waals surface area contributed by atoms with Crippen LogP contribution in [-0.4, -0.2) is 43.9 Å². The molecule has 222 valence electrons. The Morgan fingerprint density at radius 3 is 2.38 bits per heavy atom. The van der Waals surface area contributed by atoms with Crippen LogP contribution in [0.4, 0.5) is 0 Å². The van der Waals surface area contributed by atoms with Gasteiger partial charge < -0.3 is 23.7 Å². The van der Waals surface area contributed by atoms with Gasteiger partial charge in [0, 0.05) is 6.92 Å². The first-order valence-corrected chi connectivity index (χ1v) is 14.3. The van der Waals surface area contributed by atoms with Gasteiger partial charge in [-0.25, -0.2) is 9.79 Å². The molecule has 4 rings (SSSR count). The molecular formula is C31H34N2O8S. The Balaban J connectivity index is 1.90. The van der Waals surface area contributed by atoms with Crippen LogP contribution in [0.1, 0.15) is 51.8 Å². The monoisotopic (exact) mass is 594 g/mol. The van der Waals surface area contributed by atoms with Crippen molar-refractivity contribution in [2.24, 2.45) is 10.9 Å². The van der Waals surface area contributed by atoms with Gasteiger partial charge in [0.1, 0.15) is 0 Å². The summed E-state index contributed by atoms with van der Waals surface area (Å²) in [5.41, 5.74) is 1.63. The SMILES string of the molecule is CCOc1ccc(/C=c2\sc3n(c2=O)C(c2ccc(OC(C)=O)c(OC)c2)C(C(=O)OCC(C)C)=C(C)N=3)cc1OC. The molecule has 1 aromatic heterocycles. The van der Waals surface area contributed by atoms with E-state index in [4.69, 9.17) is 23.7 Å². The summed E-state index contributed by atoms with van der Waals surface area (Å²) in [5, 5.41) is 0. The third-order valence-electron chi connectivity index (χ3n) is 6.33. The van der Waals surface area contributed by atoms with Crippen molar-refractivity contribution in [2.75, 3.05) is 27.4 Å². The first-order valence-electron chi connectivity index (χ1n) is 13.4. The first-order chi connectivity index (χ1) is 20.1. The molecular weight excluding hydrogens is 560 g/mol. The molecule has 3 aromatic rings. The van der Waals surface area contributed by atoms with Gasteiger partial charge in [0.25, 0.3) is 5.56 Å². The van der Waals surface area contributed by atoms with E-state index in [1.165, 1.54) is 29.9 Å². The van der Waals surface area contributed by atoms with Crippen LogP contribution in [-0.2, 0) is 14.3 Å². The molecule has 1 atom stereocenters. The minimum absolute atomic E-state index is 0.115. The fraction of sp³-hybridized carbons (Fsp3) is 0.355. The van der Waals surface area contributed by atoms with Crippen LogP contribution in [0.25, 0.3) is 6.08 Å². The van der Waals surface area contributed by atoms with E-state index in [9.17, 15) is 14.4 Å². The number of nitrogens with zero attached hydrogens (tertiary/aromatic N) is 2. The summed E-state index contributed by atoms with van der Waals surface area (Å²) >= 11 is 1.21. The van der Waals surface area contributed by atoms with Gasteiger partial charge in [0.2, 0.25) is 0 Å². The van der Waals surface area contributed by atoms with Crippen molar-refractivity contribution < 1.29 is 33.3 Å². The third-order valence-corrected chi connectivity index (χ3v) is 7.31. The van der Waals surface area contributed by atoms with Crippen molar-refractivity contribution in [1.29, 1.82) is 0 Å². The predicted octanol–water partition coefficient (Wildman–Crippen LogP) is 3.78. The van der Waals surface area contributed by atoms with Crippen LogP contribution in [0, 0.1) is 5.92 Å². The average molecular weight is 595 g/mol. The van der Waals surface area contributed by atoms with E-state index in [1.54, 1.807) is 50.4 Å². The largest absolute Gasteiger partial charge is 0.493 e. The van der Waals surface area contributed by atoms with Crippen LogP contribution in [0.15, 0.2) is 57.5 Å². The van der Waals surface area contributed by atoms with Crippen molar-refractivity contribution in [2.45, 2.75) is 40.7 Å². The summed E-state index contributed by atoms with van der Waals surface area (Å²) in [4.78, 5) is 44.1. The lowest BCUT2D eigenvalue weighted by molar-refractivity contribution is -0.140. The second-order valence-electron chi connectivity index (χ2n) is 9.92. The zero-order valence-corrected chi connectivity index (χ0v) is 25.5. The average Bonchev–Trinajstić information content (AvgIpc) is 3.25. The van der Waals surface area contributed by atoms with Crippen LogP contribution < -0.4 is 33.8 Å². The molecule has 0 saturated carbocycles. The second-order valence-corrected chi connectivity index (χ2v) is 10.9. The number of rotatable bonds is 10. The molecule has 1 unspecified atom stereocenters. The minimum Gasteiger partial charge on any atom is -0.493 e. The summed E-state index contributed by atoms with van der Waals surface area (Å²) in [6, 6.07) is 9.46. The first kappa shape index (κ1) is 30.6. The maximum Gasteiger partial charge on any atom is 0.338 e. The van der Waals surface area contributed by atoms with Crippen LogP contribution in [0.5, 0.6) is 23.0 Å². The molecule has 2 aromatic carbocycles. The summed E-state index contributed by atoms with van der Waals surface area (Å²) in [6.45, 7) is 9.48. The molecule has 0 amide bonds. The Labute approximate surface area is 247 Å². The van der Waals surface area contributed by atoms with Gasteiger partial charge in [-0.1, -0.05) is 37.3 Å². The molecule has 0 saturated heterocycles. The van der Waals surface area contributed by atoms with Crippen LogP contribution in [0.3, 0.4) is 0 Å². The highest BCUT2D eigenvalue weighted by Crippen LogP contribution is 2.36. The Bertz CT molecular complexity index is 1720. The van der Waals surface area contributed by atoms with Crippen molar-refractivity contribution >= 4 is 29.4 Å². The molecule has 0 fully saturated rings. The number of allylic oxidation sites excluding steroid dienone is 1. The normalized spacial score (nSPS) is 14.8. The zero-order chi connectivity index (χ0) is 30.6. The zero-order valence-electron chi connectivity index (χ0n) is 24.7. The highest BCUT2D eigenvalue weighted by molar-refractivity contribution is 7.07. The van der Waals surface area contributed by atoms with E-state index in [2.05, 4.69) is 4.99 Å². The number of methoxy groups -OCH3 is 2. The van der Waals surface area contributed by atoms with Crippen molar-refractivity contribution in [3.05, 3.63) is 78.5 Å². The van der Waals surface area contributed by atoms with E-state index in [-0.39, 0.29) is 35.2 Å². The van der Waals surface area contributed by atoms with Crippen molar-refractivity contribution in [3.63, 3.8) is 0 Å². The Morgan fingerprint density at radius 2 is 1.74 bits per heavy atom. The van der Waals surface area contributed by atoms with E-state index in [1.807, 2.05) is 26.8 Å². The number of esters is 2. The Kier molecular flexibility index (Phi) is 9.52. The summed E-state index contributed by atoms with van der Waals surface area (Å²) in [6.07, 6.45) is 1.75. The van der Waals surface area contributed by atoms with Gasteiger partial charge in [-0.2, -0.15) is 0 Å². The number of aromatic nitrogens is 1. The van der Waals surface area contributed by atoms with Crippen LogP contribution >= 0.6 is 11.3 Å². The van der Waals surface area contributed by atoms with Gasteiger partial charge in [0.15, 0.2) is 27.8 Å². The standard InChI is InChI=1S/C31H34N2O8S/c1-8-39-22-11-9-20(13-24(22)37-6)14-26-29(35)33-28(21-10-12-23(41-19(5)34)25(15-21)38-7)27(18(4)32-31(33)42-26)30(36)40-16-17(2)3/h9-15,17,28H,8,16H2,1-7H3/b26-14-. The third kappa shape index (κ3) is 6.41. The molecule has 42 heavy (non-hydrogen) atoms. The molecule has 2 heterocycles. The highest BCUT2D eigenvalue weighted by Gasteiger charge is 2.34. The van der Waals surface area contributed by atoms with E-state index < -0.39 is 18.0 Å². The lowest BCUT2D eigenvalue weighted by Gasteiger charge is -2.25. The van der Waals surface area contributed by atoms with E-state index in [0.29, 0.717) is 38.7 Å². The molecule has 0 radical (unpaired) electrons. The lowest BCUT2D eigenvalue weighted by atomic mass is 9.95. The number of ether oxygens (including phenoxy) is 5. The van der Waals surface area contributed by atoms with E-state index in [0.717, 1.165) is 5.56 Å². The van der Waals surface area contributed by atoms with Gasteiger partial charge in [-0.15, -0.1) is 0 Å².